The number of nitrogen functional groups attached to an aromatic ring is 1. The first-order chi connectivity index (χ1) is 8.07. The van der Waals surface area contributed by atoms with Gasteiger partial charge in [-0.2, -0.15) is 4.31 Å². The number of hydrogen-bond acceptors (Lipinski definition) is 4. The lowest BCUT2D eigenvalue weighted by molar-refractivity contribution is 0.390. The van der Waals surface area contributed by atoms with E-state index in [9.17, 15) is 8.42 Å². The van der Waals surface area contributed by atoms with Crippen molar-refractivity contribution in [2.45, 2.75) is 35.9 Å². The van der Waals surface area contributed by atoms with Gasteiger partial charge in [0.2, 0.25) is 0 Å². The average molecular weight is 272 g/mol. The molecular formula is C11H16N2O2S2. The van der Waals surface area contributed by atoms with Crippen molar-refractivity contribution in [3.8, 4) is 0 Å². The Morgan fingerprint density at radius 2 is 2.06 bits per heavy atom. The molecule has 4 nitrogen and oxygen atoms in total. The fourth-order valence-electron chi connectivity index (χ4n) is 1.94. The summed E-state index contributed by atoms with van der Waals surface area (Å²) in [6.45, 7) is 0.699. The SMILES string of the molecule is Nc1csc(S(=O)(=O)N(CC2CC2)C2CC2)c1. The van der Waals surface area contributed by atoms with E-state index in [1.54, 1.807) is 15.8 Å². The number of sulfonamides is 1. The highest BCUT2D eigenvalue weighted by molar-refractivity contribution is 7.91. The van der Waals surface area contributed by atoms with E-state index in [2.05, 4.69) is 0 Å². The number of anilines is 1. The lowest BCUT2D eigenvalue weighted by Crippen LogP contribution is -2.34. The van der Waals surface area contributed by atoms with Gasteiger partial charge in [0.05, 0.1) is 0 Å². The van der Waals surface area contributed by atoms with Gasteiger partial charge < -0.3 is 5.73 Å². The summed E-state index contributed by atoms with van der Waals surface area (Å²) in [7, 11) is -3.30. The first-order valence-corrected chi connectivity index (χ1v) is 8.25. The Morgan fingerprint density at radius 3 is 2.53 bits per heavy atom. The summed E-state index contributed by atoms with van der Waals surface area (Å²) in [6.07, 6.45) is 4.36. The van der Waals surface area contributed by atoms with Crippen LogP contribution in [0.5, 0.6) is 0 Å². The van der Waals surface area contributed by atoms with Gasteiger partial charge in [-0.25, -0.2) is 8.42 Å². The summed E-state index contributed by atoms with van der Waals surface area (Å²) in [6, 6.07) is 1.81. The standard InChI is InChI=1S/C11H16N2O2S2/c12-9-5-11(16-7-9)17(14,15)13(10-3-4-10)6-8-1-2-8/h5,7-8,10H,1-4,6,12H2. The van der Waals surface area contributed by atoms with Gasteiger partial charge in [0.1, 0.15) is 4.21 Å². The van der Waals surface area contributed by atoms with Crippen LogP contribution in [-0.2, 0) is 10.0 Å². The Labute approximate surface area is 105 Å². The minimum Gasteiger partial charge on any atom is -0.398 e. The Bertz CT molecular complexity index is 515. The molecule has 1 aromatic rings. The highest BCUT2D eigenvalue weighted by atomic mass is 32.2. The molecule has 0 aromatic carbocycles. The normalized spacial score (nSPS) is 21.0. The topological polar surface area (TPSA) is 63.4 Å². The van der Waals surface area contributed by atoms with Crippen molar-refractivity contribution in [1.29, 1.82) is 0 Å². The predicted octanol–water partition coefficient (Wildman–Crippen LogP) is 1.89. The number of rotatable bonds is 5. The maximum Gasteiger partial charge on any atom is 0.252 e. The molecule has 17 heavy (non-hydrogen) atoms. The zero-order valence-electron chi connectivity index (χ0n) is 9.50. The molecule has 2 N–H and O–H groups in total. The zero-order chi connectivity index (χ0) is 12.0. The molecule has 0 bridgehead atoms. The molecular weight excluding hydrogens is 256 g/mol. The van der Waals surface area contributed by atoms with E-state index in [0.717, 1.165) is 12.8 Å². The average Bonchev–Trinajstić information content (AvgIpc) is 3.16. The van der Waals surface area contributed by atoms with E-state index >= 15 is 0 Å². The fourth-order valence-corrected chi connectivity index (χ4v) is 4.91. The summed E-state index contributed by atoms with van der Waals surface area (Å²) in [5.41, 5.74) is 6.15. The minimum atomic E-state index is -3.30. The number of hydrogen-bond donors (Lipinski definition) is 1. The van der Waals surface area contributed by atoms with E-state index in [4.69, 9.17) is 5.73 Å². The van der Waals surface area contributed by atoms with Gasteiger partial charge in [0.25, 0.3) is 10.0 Å². The van der Waals surface area contributed by atoms with Gasteiger partial charge in [-0.15, -0.1) is 11.3 Å². The lowest BCUT2D eigenvalue weighted by atomic mass is 10.4. The van der Waals surface area contributed by atoms with Gasteiger partial charge in [0, 0.05) is 23.7 Å². The van der Waals surface area contributed by atoms with Crippen LogP contribution in [0.3, 0.4) is 0 Å². The first kappa shape index (κ1) is 11.5. The monoisotopic (exact) mass is 272 g/mol. The second-order valence-corrected chi connectivity index (χ2v) is 7.98. The van der Waals surface area contributed by atoms with Gasteiger partial charge in [-0.05, 0) is 37.7 Å². The van der Waals surface area contributed by atoms with Crippen LogP contribution in [-0.4, -0.2) is 25.3 Å². The molecule has 0 aliphatic heterocycles. The molecule has 0 atom stereocenters. The quantitative estimate of drug-likeness (QED) is 0.890. The molecule has 94 valence electrons. The molecule has 0 amide bonds. The molecule has 2 aliphatic carbocycles. The van der Waals surface area contributed by atoms with Gasteiger partial charge in [0.15, 0.2) is 0 Å². The second-order valence-electron chi connectivity index (χ2n) is 4.95. The van der Waals surface area contributed by atoms with E-state index in [1.165, 1.54) is 24.2 Å². The number of nitrogens with two attached hydrogens (primary N) is 1. The lowest BCUT2D eigenvalue weighted by Gasteiger charge is -2.20. The Kier molecular flexibility index (Phi) is 2.68. The zero-order valence-corrected chi connectivity index (χ0v) is 11.1. The van der Waals surface area contributed by atoms with Crippen LogP contribution in [0.1, 0.15) is 25.7 Å². The van der Waals surface area contributed by atoms with E-state index in [0.29, 0.717) is 22.4 Å². The molecule has 0 spiro atoms. The highest BCUT2D eigenvalue weighted by Gasteiger charge is 2.41. The Hall–Kier alpha value is -0.590. The highest BCUT2D eigenvalue weighted by Crippen LogP contribution is 2.39. The Balaban J connectivity index is 1.87. The molecule has 0 saturated heterocycles. The third-order valence-corrected chi connectivity index (χ3v) is 6.60. The van der Waals surface area contributed by atoms with Crippen molar-refractivity contribution in [3.05, 3.63) is 11.4 Å². The predicted molar refractivity (Wildman–Crippen MR) is 68.4 cm³/mol. The smallest absolute Gasteiger partial charge is 0.252 e. The molecule has 2 saturated carbocycles. The summed E-state index contributed by atoms with van der Waals surface area (Å²) in [4.78, 5) is 0. The third-order valence-electron chi connectivity index (χ3n) is 3.25. The molecule has 0 unspecified atom stereocenters. The summed E-state index contributed by atoms with van der Waals surface area (Å²) in [5.74, 6) is 0.586. The number of nitrogens with zero attached hydrogens (tertiary/aromatic N) is 1. The van der Waals surface area contributed by atoms with Crippen LogP contribution in [0.15, 0.2) is 15.7 Å². The van der Waals surface area contributed by atoms with Gasteiger partial charge in [-0.3, -0.25) is 0 Å². The summed E-state index contributed by atoms with van der Waals surface area (Å²) >= 11 is 1.22. The molecule has 1 heterocycles. The fraction of sp³-hybridized carbons (Fsp3) is 0.636. The van der Waals surface area contributed by atoms with Gasteiger partial charge >= 0.3 is 0 Å². The van der Waals surface area contributed by atoms with Crippen LogP contribution < -0.4 is 5.73 Å². The van der Waals surface area contributed by atoms with Crippen LogP contribution in [0.25, 0.3) is 0 Å². The molecule has 2 fully saturated rings. The van der Waals surface area contributed by atoms with Crippen LogP contribution in [0.2, 0.25) is 0 Å². The van der Waals surface area contributed by atoms with Crippen LogP contribution in [0.4, 0.5) is 5.69 Å². The van der Waals surface area contributed by atoms with Crippen molar-refractivity contribution in [1.82, 2.24) is 4.31 Å². The summed E-state index contributed by atoms with van der Waals surface area (Å²) in [5, 5.41) is 1.69. The van der Waals surface area contributed by atoms with Crippen molar-refractivity contribution >= 4 is 27.0 Å². The second kappa shape index (κ2) is 3.96. The van der Waals surface area contributed by atoms with Crippen LogP contribution in [0, 0.1) is 5.92 Å². The molecule has 6 heteroatoms. The van der Waals surface area contributed by atoms with E-state index in [-0.39, 0.29) is 6.04 Å². The van der Waals surface area contributed by atoms with Crippen molar-refractivity contribution in [3.63, 3.8) is 0 Å². The number of thiophene rings is 1. The van der Waals surface area contributed by atoms with Crippen molar-refractivity contribution in [2.75, 3.05) is 12.3 Å². The first-order valence-electron chi connectivity index (χ1n) is 5.93. The van der Waals surface area contributed by atoms with Gasteiger partial charge in [-0.1, -0.05) is 0 Å². The molecule has 1 aromatic heterocycles. The third kappa shape index (κ3) is 2.34. The Morgan fingerprint density at radius 1 is 1.35 bits per heavy atom. The molecule has 0 radical (unpaired) electrons. The largest absolute Gasteiger partial charge is 0.398 e. The van der Waals surface area contributed by atoms with E-state index in [1.807, 2.05) is 0 Å². The van der Waals surface area contributed by atoms with Crippen molar-refractivity contribution < 1.29 is 8.42 Å². The van der Waals surface area contributed by atoms with E-state index < -0.39 is 10.0 Å². The maximum absolute atomic E-state index is 12.5. The summed E-state index contributed by atoms with van der Waals surface area (Å²) < 4.78 is 27.0. The van der Waals surface area contributed by atoms with Crippen molar-refractivity contribution in [2.24, 2.45) is 5.92 Å². The minimum absolute atomic E-state index is 0.240. The maximum atomic E-state index is 12.5. The van der Waals surface area contributed by atoms with Crippen LogP contribution >= 0.6 is 11.3 Å². The molecule has 3 rings (SSSR count). The molecule has 2 aliphatic rings.